The molecule has 2 aromatic rings. The Kier molecular flexibility index (Phi) is 3.19. The second-order valence-corrected chi connectivity index (χ2v) is 4.53. The van der Waals surface area contributed by atoms with Gasteiger partial charge in [-0.15, -0.1) is 0 Å². The predicted molar refractivity (Wildman–Crippen MR) is 65.6 cm³/mol. The van der Waals surface area contributed by atoms with E-state index < -0.39 is 0 Å². The van der Waals surface area contributed by atoms with Crippen molar-refractivity contribution in [3.05, 3.63) is 51.8 Å². The minimum atomic E-state index is 0.648. The Bertz CT molecular complexity index is 519. The molecule has 3 nitrogen and oxygen atoms in total. The van der Waals surface area contributed by atoms with Gasteiger partial charge in [0.1, 0.15) is 0 Å². The Morgan fingerprint density at radius 1 is 1.50 bits per heavy atom. The molecule has 0 atom stereocenters. The number of hydrogen-bond donors (Lipinski definition) is 0. The molecule has 0 amide bonds. The zero-order valence-electron chi connectivity index (χ0n) is 8.85. The highest BCUT2D eigenvalue weighted by atomic mass is 79.9. The van der Waals surface area contributed by atoms with Crippen LogP contribution in [0.2, 0.25) is 0 Å². The highest BCUT2D eigenvalue weighted by Gasteiger charge is 2.03. The van der Waals surface area contributed by atoms with Crippen molar-refractivity contribution in [2.24, 2.45) is 0 Å². The summed E-state index contributed by atoms with van der Waals surface area (Å²) < 4.78 is 2.82. The molecule has 1 heterocycles. The molecule has 82 valence electrons. The fourth-order valence-electron chi connectivity index (χ4n) is 1.55. The van der Waals surface area contributed by atoms with E-state index >= 15 is 0 Å². The first kappa shape index (κ1) is 11.1. The molecule has 0 fully saturated rings. The largest absolute Gasteiger partial charge is 0.298 e. The second-order valence-electron chi connectivity index (χ2n) is 3.62. The Morgan fingerprint density at radius 3 is 2.94 bits per heavy atom. The Balaban J connectivity index is 2.23. The number of aromatic nitrogens is 2. The summed E-state index contributed by atoms with van der Waals surface area (Å²) in [4.78, 5) is 10.7. The fourth-order valence-corrected chi connectivity index (χ4v) is 2.00. The number of carbonyl (C=O) groups is 1. The molecule has 0 unspecified atom stereocenters. The van der Waals surface area contributed by atoms with Crippen LogP contribution in [0.5, 0.6) is 0 Å². The van der Waals surface area contributed by atoms with Crippen molar-refractivity contribution < 1.29 is 4.79 Å². The monoisotopic (exact) mass is 278 g/mol. The Labute approximate surface area is 102 Å². The average Bonchev–Trinajstić information content (AvgIpc) is 2.58. The lowest BCUT2D eigenvalue weighted by Crippen LogP contribution is -2.00. The molecule has 1 aromatic carbocycles. The molecule has 0 aliphatic carbocycles. The average molecular weight is 279 g/mol. The number of rotatable bonds is 3. The van der Waals surface area contributed by atoms with Crippen molar-refractivity contribution in [1.82, 2.24) is 9.78 Å². The van der Waals surface area contributed by atoms with Crippen LogP contribution in [0.4, 0.5) is 0 Å². The molecular formula is C12H11BrN2O. The fraction of sp³-hybridized carbons (Fsp3) is 0.167. The highest BCUT2D eigenvalue weighted by molar-refractivity contribution is 9.10. The van der Waals surface area contributed by atoms with Crippen LogP contribution in [-0.4, -0.2) is 16.1 Å². The summed E-state index contributed by atoms with van der Waals surface area (Å²) in [5.41, 5.74) is 2.56. The SMILES string of the molecule is Cc1nn(Cc2cccc(Br)c2)cc1C=O. The second kappa shape index (κ2) is 4.61. The van der Waals surface area contributed by atoms with E-state index in [0.29, 0.717) is 12.1 Å². The van der Waals surface area contributed by atoms with Gasteiger partial charge < -0.3 is 0 Å². The van der Waals surface area contributed by atoms with Crippen LogP contribution in [0.15, 0.2) is 34.9 Å². The molecule has 0 spiro atoms. The van der Waals surface area contributed by atoms with Gasteiger partial charge in [0.25, 0.3) is 0 Å². The Hall–Kier alpha value is -1.42. The summed E-state index contributed by atoms with van der Waals surface area (Å²) in [7, 11) is 0. The number of benzene rings is 1. The molecule has 0 saturated carbocycles. The highest BCUT2D eigenvalue weighted by Crippen LogP contribution is 2.13. The smallest absolute Gasteiger partial charge is 0.153 e. The lowest BCUT2D eigenvalue weighted by Gasteiger charge is -2.01. The number of aldehydes is 1. The summed E-state index contributed by atoms with van der Waals surface area (Å²) in [6.45, 7) is 2.51. The molecule has 2 rings (SSSR count). The first-order chi connectivity index (χ1) is 7.69. The first-order valence-electron chi connectivity index (χ1n) is 4.92. The maximum Gasteiger partial charge on any atom is 0.153 e. The maximum atomic E-state index is 10.7. The van der Waals surface area contributed by atoms with Gasteiger partial charge in [-0.25, -0.2) is 0 Å². The van der Waals surface area contributed by atoms with Gasteiger partial charge in [0.15, 0.2) is 6.29 Å². The number of aryl methyl sites for hydroxylation is 1. The third-order valence-electron chi connectivity index (χ3n) is 2.34. The van der Waals surface area contributed by atoms with Gasteiger partial charge in [-0.3, -0.25) is 9.48 Å². The molecule has 0 bridgehead atoms. The number of nitrogens with zero attached hydrogens (tertiary/aromatic N) is 2. The lowest BCUT2D eigenvalue weighted by atomic mass is 10.2. The van der Waals surface area contributed by atoms with E-state index in [0.717, 1.165) is 22.0 Å². The lowest BCUT2D eigenvalue weighted by molar-refractivity contribution is 0.112. The molecule has 4 heteroatoms. The van der Waals surface area contributed by atoms with E-state index in [9.17, 15) is 4.79 Å². The molecule has 0 saturated heterocycles. The maximum absolute atomic E-state index is 10.7. The van der Waals surface area contributed by atoms with Gasteiger partial charge in [0.05, 0.1) is 17.8 Å². The summed E-state index contributed by atoms with van der Waals surface area (Å²) >= 11 is 3.42. The quantitative estimate of drug-likeness (QED) is 0.810. The molecule has 0 N–H and O–H groups in total. The van der Waals surface area contributed by atoms with Crippen LogP contribution in [-0.2, 0) is 6.54 Å². The van der Waals surface area contributed by atoms with Crippen LogP contribution in [0, 0.1) is 6.92 Å². The van der Waals surface area contributed by atoms with Gasteiger partial charge >= 0.3 is 0 Å². The van der Waals surface area contributed by atoms with Gasteiger partial charge in [0, 0.05) is 10.7 Å². The minimum Gasteiger partial charge on any atom is -0.298 e. The van der Waals surface area contributed by atoms with Gasteiger partial charge in [0.2, 0.25) is 0 Å². The first-order valence-corrected chi connectivity index (χ1v) is 5.72. The van der Waals surface area contributed by atoms with Crippen molar-refractivity contribution in [2.45, 2.75) is 13.5 Å². The van der Waals surface area contributed by atoms with Crippen LogP contribution in [0.3, 0.4) is 0 Å². The molecule has 1 aromatic heterocycles. The molecule has 0 radical (unpaired) electrons. The van der Waals surface area contributed by atoms with Crippen molar-refractivity contribution in [3.63, 3.8) is 0 Å². The zero-order valence-corrected chi connectivity index (χ0v) is 10.4. The third-order valence-corrected chi connectivity index (χ3v) is 2.84. The normalized spacial score (nSPS) is 10.4. The van der Waals surface area contributed by atoms with Gasteiger partial charge in [-0.05, 0) is 24.6 Å². The van der Waals surface area contributed by atoms with Crippen molar-refractivity contribution in [3.8, 4) is 0 Å². The van der Waals surface area contributed by atoms with Crippen LogP contribution in [0.25, 0.3) is 0 Å². The van der Waals surface area contributed by atoms with E-state index in [1.165, 1.54) is 0 Å². The van der Waals surface area contributed by atoms with E-state index in [-0.39, 0.29) is 0 Å². The molecule has 0 aliphatic heterocycles. The van der Waals surface area contributed by atoms with Gasteiger partial charge in [-0.2, -0.15) is 5.10 Å². The number of halogens is 1. The molecule has 0 aliphatic rings. The predicted octanol–water partition coefficient (Wildman–Crippen LogP) is 2.81. The van der Waals surface area contributed by atoms with E-state index in [1.54, 1.807) is 10.9 Å². The number of carbonyl (C=O) groups excluding carboxylic acids is 1. The minimum absolute atomic E-state index is 0.648. The van der Waals surface area contributed by atoms with E-state index in [4.69, 9.17) is 0 Å². The van der Waals surface area contributed by atoms with Crippen LogP contribution < -0.4 is 0 Å². The van der Waals surface area contributed by atoms with Crippen LogP contribution in [0.1, 0.15) is 21.6 Å². The van der Waals surface area contributed by atoms with E-state index in [2.05, 4.69) is 21.0 Å². The summed E-state index contributed by atoms with van der Waals surface area (Å²) in [5, 5.41) is 4.28. The summed E-state index contributed by atoms with van der Waals surface area (Å²) in [5.74, 6) is 0. The molecular weight excluding hydrogens is 268 g/mol. The molecule has 16 heavy (non-hydrogen) atoms. The van der Waals surface area contributed by atoms with Crippen molar-refractivity contribution in [1.29, 1.82) is 0 Å². The standard InChI is InChI=1S/C12H11BrN2O/c1-9-11(8-16)7-15(14-9)6-10-3-2-4-12(13)5-10/h2-5,7-8H,6H2,1H3. The van der Waals surface area contributed by atoms with E-state index in [1.807, 2.05) is 31.2 Å². The summed E-state index contributed by atoms with van der Waals surface area (Å²) in [6, 6.07) is 8.03. The number of hydrogen-bond acceptors (Lipinski definition) is 2. The van der Waals surface area contributed by atoms with Gasteiger partial charge in [-0.1, -0.05) is 28.1 Å². The zero-order chi connectivity index (χ0) is 11.5. The Morgan fingerprint density at radius 2 is 2.31 bits per heavy atom. The van der Waals surface area contributed by atoms with Crippen LogP contribution >= 0.6 is 15.9 Å². The van der Waals surface area contributed by atoms with Crippen molar-refractivity contribution >= 4 is 22.2 Å². The third kappa shape index (κ3) is 2.39. The van der Waals surface area contributed by atoms with Crippen molar-refractivity contribution in [2.75, 3.05) is 0 Å². The topological polar surface area (TPSA) is 34.9 Å². The summed E-state index contributed by atoms with van der Waals surface area (Å²) in [6.07, 6.45) is 2.60.